The summed E-state index contributed by atoms with van der Waals surface area (Å²) in [6.45, 7) is 13.7. The first kappa shape index (κ1) is 27.3. The maximum absolute atomic E-state index is 11.8. The minimum Gasteiger partial charge on any atom is -0.389 e. The van der Waals surface area contributed by atoms with Crippen LogP contribution in [-0.4, -0.2) is 64.2 Å². The summed E-state index contributed by atoms with van der Waals surface area (Å²) in [7, 11) is 0. The van der Waals surface area contributed by atoms with Crippen molar-refractivity contribution in [2.45, 2.75) is 26.4 Å². The van der Waals surface area contributed by atoms with Gasteiger partial charge in [0, 0.05) is 66.9 Å². The highest BCUT2D eigenvalue weighted by molar-refractivity contribution is 6.00. The molecule has 0 spiro atoms. The van der Waals surface area contributed by atoms with E-state index >= 15 is 0 Å². The number of carbonyl (C=O) groups excluding carboxylic acids is 1. The first-order chi connectivity index (χ1) is 19.2. The minimum absolute atomic E-state index is 0.250. The molecule has 1 saturated heterocycles. The highest BCUT2D eigenvalue weighted by Crippen LogP contribution is 2.33. The number of amides is 1. The van der Waals surface area contributed by atoms with Gasteiger partial charge in [-0.3, -0.25) is 9.69 Å². The molecule has 5 rings (SSSR count). The molecule has 0 radical (unpaired) electrons. The van der Waals surface area contributed by atoms with E-state index in [2.05, 4.69) is 69.3 Å². The van der Waals surface area contributed by atoms with Crippen LogP contribution in [0.5, 0.6) is 0 Å². The second-order valence-electron chi connectivity index (χ2n) is 10.9. The third-order valence-electron chi connectivity index (χ3n) is 7.04. The Labute approximate surface area is 235 Å². The first-order valence-electron chi connectivity index (χ1n) is 13.6. The lowest BCUT2D eigenvalue weighted by molar-refractivity contribution is -0.111. The highest BCUT2D eigenvalue weighted by atomic mass is 16.3. The van der Waals surface area contributed by atoms with E-state index in [4.69, 9.17) is 4.98 Å². The van der Waals surface area contributed by atoms with E-state index in [1.54, 1.807) is 0 Å². The quantitative estimate of drug-likeness (QED) is 0.261. The van der Waals surface area contributed by atoms with Crippen molar-refractivity contribution < 1.29 is 9.90 Å². The molecule has 3 N–H and O–H groups in total. The van der Waals surface area contributed by atoms with E-state index in [9.17, 15) is 9.90 Å². The van der Waals surface area contributed by atoms with Gasteiger partial charge in [-0.2, -0.15) is 0 Å². The molecule has 1 aliphatic heterocycles. The number of carbonyl (C=O) groups is 1. The van der Waals surface area contributed by atoms with Gasteiger partial charge in [0.05, 0.1) is 11.1 Å². The number of benzene rings is 3. The predicted molar refractivity (Wildman–Crippen MR) is 163 cm³/mol. The largest absolute Gasteiger partial charge is 0.389 e. The summed E-state index contributed by atoms with van der Waals surface area (Å²) in [4.78, 5) is 26.0. The number of aromatic nitrogens is 2. The Morgan fingerprint density at radius 2 is 1.80 bits per heavy atom. The molecular weight excluding hydrogens is 500 g/mol. The zero-order valence-corrected chi connectivity index (χ0v) is 23.3. The van der Waals surface area contributed by atoms with Crippen LogP contribution in [0.15, 0.2) is 79.5 Å². The zero-order valence-electron chi connectivity index (χ0n) is 23.3. The number of fused-ring (bicyclic) bond motifs is 1. The summed E-state index contributed by atoms with van der Waals surface area (Å²) in [6, 6.07) is 20.2. The Morgan fingerprint density at radius 1 is 1.05 bits per heavy atom. The lowest BCUT2D eigenvalue weighted by Crippen LogP contribution is -2.50. The van der Waals surface area contributed by atoms with E-state index in [0.29, 0.717) is 18.2 Å². The Kier molecular flexibility index (Phi) is 7.82. The Bertz CT molecular complexity index is 1520. The van der Waals surface area contributed by atoms with Gasteiger partial charge >= 0.3 is 0 Å². The number of nitrogens with zero attached hydrogens (tertiary/aromatic N) is 4. The van der Waals surface area contributed by atoms with Crippen LogP contribution in [0.1, 0.15) is 19.4 Å². The van der Waals surface area contributed by atoms with Crippen molar-refractivity contribution >= 4 is 39.8 Å². The fourth-order valence-electron chi connectivity index (χ4n) is 5.16. The highest BCUT2D eigenvalue weighted by Gasteiger charge is 2.23. The Hall–Kier alpha value is -4.27. The van der Waals surface area contributed by atoms with Crippen LogP contribution in [0.2, 0.25) is 0 Å². The Morgan fingerprint density at radius 3 is 2.50 bits per heavy atom. The molecular formula is C32H36N6O2. The van der Waals surface area contributed by atoms with Crippen LogP contribution in [0.3, 0.4) is 0 Å². The van der Waals surface area contributed by atoms with Crippen molar-refractivity contribution in [3.8, 4) is 11.1 Å². The fourth-order valence-corrected chi connectivity index (χ4v) is 5.16. The molecule has 3 aromatic carbocycles. The van der Waals surface area contributed by atoms with Crippen molar-refractivity contribution in [2.24, 2.45) is 0 Å². The molecule has 1 fully saturated rings. The van der Waals surface area contributed by atoms with Crippen LogP contribution >= 0.6 is 0 Å². The SMILES string of the molecule is C=CC(=O)Nc1cccc(-c2c(C)ccc3cnc(Nc4ccc(N5CCN(CC(C)(C)O)CC5)cc4)nc23)c1. The number of aryl methyl sites for hydroxylation is 1. The molecule has 206 valence electrons. The molecule has 40 heavy (non-hydrogen) atoms. The zero-order chi connectivity index (χ0) is 28.3. The van der Waals surface area contributed by atoms with Gasteiger partial charge in [-0.05, 0) is 74.4 Å². The van der Waals surface area contributed by atoms with Gasteiger partial charge in [-0.1, -0.05) is 30.8 Å². The fraction of sp³-hybridized carbons (Fsp3) is 0.281. The monoisotopic (exact) mass is 536 g/mol. The van der Waals surface area contributed by atoms with E-state index in [1.807, 2.05) is 50.4 Å². The average Bonchev–Trinajstić information content (AvgIpc) is 2.93. The average molecular weight is 537 g/mol. The summed E-state index contributed by atoms with van der Waals surface area (Å²) >= 11 is 0. The first-order valence-corrected chi connectivity index (χ1v) is 13.6. The van der Waals surface area contributed by atoms with Gasteiger partial charge in [0.15, 0.2) is 0 Å². The summed E-state index contributed by atoms with van der Waals surface area (Å²) in [5.74, 6) is 0.267. The number of hydrogen-bond acceptors (Lipinski definition) is 7. The maximum Gasteiger partial charge on any atom is 0.247 e. The lowest BCUT2D eigenvalue weighted by atomic mass is 9.97. The lowest BCUT2D eigenvalue weighted by Gasteiger charge is -2.38. The van der Waals surface area contributed by atoms with Gasteiger partial charge in [0.2, 0.25) is 11.9 Å². The van der Waals surface area contributed by atoms with Crippen LogP contribution in [-0.2, 0) is 4.79 Å². The number of nitrogens with one attached hydrogen (secondary N) is 2. The van der Waals surface area contributed by atoms with Gasteiger partial charge < -0.3 is 20.6 Å². The molecule has 0 unspecified atom stereocenters. The number of aliphatic hydroxyl groups is 1. The third-order valence-corrected chi connectivity index (χ3v) is 7.04. The Balaban J connectivity index is 1.34. The predicted octanol–water partition coefficient (Wildman–Crippen LogP) is 5.37. The van der Waals surface area contributed by atoms with Crippen molar-refractivity contribution in [3.63, 3.8) is 0 Å². The number of anilines is 4. The molecule has 4 aromatic rings. The number of piperazine rings is 1. The van der Waals surface area contributed by atoms with Crippen LogP contribution in [0.4, 0.5) is 23.0 Å². The van der Waals surface area contributed by atoms with Crippen molar-refractivity contribution in [3.05, 3.63) is 85.1 Å². The molecule has 0 bridgehead atoms. The molecule has 1 amide bonds. The molecule has 1 aliphatic rings. The van der Waals surface area contributed by atoms with Gasteiger partial charge in [0.1, 0.15) is 0 Å². The van der Waals surface area contributed by atoms with Crippen LogP contribution < -0.4 is 15.5 Å². The topological polar surface area (TPSA) is 93.6 Å². The minimum atomic E-state index is -0.674. The standard InChI is InChI=1S/C32H36N6O2/c1-5-28(39)34-26-8-6-7-23(19-26)29-22(2)9-10-24-20-33-31(36-30(24)29)35-25-11-13-27(14-12-25)38-17-15-37(16-18-38)21-32(3,4)40/h5-14,19-20,40H,1,15-18,21H2,2-4H3,(H,34,39)(H,33,35,36). The van der Waals surface area contributed by atoms with Crippen LogP contribution in [0.25, 0.3) is 22.0 Å². The van der Waals surface area contributed by atoms with E-state index in [1.165, 1.54) is 11.8 Å². The van der Waals surface area contributed by atoms with Crippen molar-refractivity contribution in [2.75, 3.05) is 48.3 Å². The molecule has 0 saturated carbocycles. The van der Waals surface area contributed by atoms with Crippen molar-refractivity contribution in [1.82, 2.24) is 14.9 Å². The molecule has 8 nitrogen and oxygen atoms in total. The van der Waals surface area contributed by atoms with Crippen LogP contribution in [0, 0.1) is 6.92 Å². The van der Waals surface area contributed by atoms with E-state index in [-0.39, 0.29) is 5.91 Å². The molecule has 0 atom stereocenters. The summed E-state index contributed by atoms with van der Waals surface area (Å²) in [5.41, 5.74) is 5.98. The second kappa shape index (κ2) is 11.5. The summed E-state index contributed by atoms with van der Waals surface area (Å²) < 4.78 is 0. The van der Waals surface area contributed by atoms with Gasteiger partial charge in [0.25, 0.3) is 0 Å². The van der Waals surface area contributed by atoms with Gasteiger partial charge in [-0.25, -0.2) is 9.97 Å². The summed E-state index contributed by atoms with van der Waals surface area (Å²) in [5, 5.41) is 17.2. The third kappa shape index (κ3) is 6.47. The van der Waals surface area contributed by atoms with Gasteiger partial charge in [-0.15, -0.1) is 0 Å². The van der Waals surface area contributed by atoms with E-state index < -0.39 is 5.60 Å². The van der Waals surface area contributed by atoms with E-state index in [0.717, 1.165) is 59.5 Å². The molecule has 1 aromatic heterocycles. The smallest absolute Gasteiger partial charge is 0.247 e. The molecule has 0 aliphatic carbocycles. The number of β-amino-alcohol motifs (C(OH)–C–C–N with tert-alkyl or cyclic N) is 1. The van der Waals surface area contributed by atoms with Crippen molar-refractivity contribution in [1.29, 1.82) is 0 Å². The normalized spacial score (nSPS) is 14.2. The number of hydrogen-bond donors (Lipinski definition) is 3. The molecule has 2 heterocycles. The number of rotatable bonds is 8. The molecule has 8 heteroatoms. The summed E-state index contributed by atoms with van der Waals surface area (Å²) in [6.07, 6.45) is 3.09. The second-order valence-corrected chi connectivity index (χ2v) is 10.9. The maximum atomic E-state index is 11.8.